The van der Waals surface area contributed by atoms with Gasteiger partial charge in [-0.05, 0) is 37.1 Å². The van der Waals surface area contributed by atoms with Crippen LogP contribution in [0.2, 0.25) is 0 Å². The molecule has 4 aromatic heterocycles. The van der Waals surface area contributed by atoms with Crippen molar-refractivity contribution in [2.75, 3.05) is 30.0 Å². The molecule has 0 atom stereocenters. The third-order valence-corrected chi connectivity index (χ3v) is 4.90. The number of nitrogens with two attached hydrogens (primary N) is 2. The number of methoxy groups -OCH3 is 1. The van der Waals surface area contributed by atoms with Gasteiger partial charge < -0.3 is 16.2 Å². The topological polar surface area (TPSA) is 151 Å². The summed E-state index contributed by atoms with van der Waals surface area (Å²) >= 11 is 0. The normalized spacial score (nSPS) is 11.0. The fourth-order valence-corrected chi connectivity index (χ4v) is 3.52. The molecule has 0 unspecified atom stereocenters. The Kier molecular flexibility index (Phi) is 5.54. The Morgan fingerprint density at radius 1 is 1.22 bits per heavy atom. The van der Waals surface area contributed by atoms with Gasteiger partial charge in [-0.1, -0.05) is 6.07 Å². The maximum Gasteiger partial charge on any atom is 0.414 e. The summed E-state index contributed by atoms with van der Waals surface area (Å²) in [7, 11) is 1.28. The lowest BCUT2D eigenvalue weighted by Gasteiger charge is -2.21. The molecule has 4 N–H and O–H groups in total. The number of aromatic nitrogens is 6. The van der Waals surface area contributed by atoms with E-state index in [-0.39, 0.29) is 29.7 Å². The van der Waals surface area contributed by atoms with Gasteiger partial charge in [0.1, 0.15) is 11.4 Å². The highest BCUT2D eigenvalue weighted by atomic mass is 16.5. The molecule has 4 rings (SSSR count). The molecule has 11 heteroatoms. The van der Waals surface area contributed by atoms with E-state index in [0.29, 0.717) is 17.9 Å². The van der Waals surface area contributed by atoms with E-state index < -0.39 is 6.09 Å². The summed E-state index contributed by atoms with van der Waals surface area (Å²) < 4.78 is 6.56. The number of hydrogen-bond acceptors (Lipinski definition) is 9. The Morgan fingerprint density at radius 2 is 1.97 bits per heavy atom. The van der Waals surface area contributed by atoms with Crippen molar-refractivity contribution in [3.63, 3.8) is 0 Å². The number of amides is 1. The number of pyridine rings is 2. The Labute approximate surface area is 184 Å². The predicted molar refractivity (Wildman–Crippen MR) is 121 cm³/mol. The summed E-state index contributed by atoms with van der Waals surface area (Å²) in [6.07, 6.45) is 4.67. The first-order valence-electron chi connectivity index (χ1n) is 9.93. The van der Waals surface area contributed by atoms with Crippen molar-refractivity contribution in [2.24, 2.45) is 0 Å². The van der Waals surface area contributed by atoms with Gasteiger partial charge in [0.2, 0.25) is 0 Å². The van der Waals surface area contributed by atoms with E-state index >= 15 is 0 Å². The summed E-state index contributed by atoms with van der Waals surface area (Å²) in [6, 6.07) is 5.73. The summed E-state index contributed by atoms with van der Waals surface area (Å²) in [5.41, 5.74) is 15.8. The molecular formula is C21H23N9O2. The van der Waals surface area contributed by atoms with Crippen LogP contribution in [-0.4, -0.2) is 49.5 Å². The van der Waals surface area contributed by atoms with Crippen molar-refractivity contribution in [1.29, 1.82) is 0 Å². The molecule has 4 heterocycles. The molecule has 0 saturated heterocycles. The number of nitrogen functional groups attached to an aromatic ring is 2. The highest BCUT2D eigenvalue weighted by Crippen LogP contribution is 2.32. The molecule has 164 valence electrons. The SMILES string of the molecule is CCN(C(=O)OC)c1c(N)nc(-c2nn(Cc3cncc(C)c3)c3ncccc23)nc1N. The molecule has 0 radical (unpaired) electrons. The predicted octanol–water partition coefficient (Wildman–Crippen LogP) is 2.40. The van der Waals surface area contributed by atoms with Crippen LogP contribution in [0, 0.1) is 6.92 Å². The van der Waals surface area contributed by atoms with E-state index in [4.69, 9.17) is 21.3 Å². The maximum absolute atomic E-state index is 12.1. The number of fused-ring (bicyclic) bond motifs is 1. The van der Waals surface area contributed by atoms with Crippen LogP contribution in [0.3, 0.4) is 0 Å². The van der Waals surface area contributed by atoms with Crippen LogP contribution in [-0.2, 0) is 11.3 Å². The largest absolute Gasteiger partial charge is 0.452 e. The molecule has 0 fully saturated rings. The lowest BCUT2D eigenvalue weighted by molar-refractivity contribution is 0.179. The third kappa shape index (κ3) is 3.75. The zero-order chi connectivity index (χ0) is 22.8. The van der Waals surface area contributed by atoms with Crippen LogP contribution in [0.15, 0.2) is 36.8 Å². The number of rotatable bonds is 5. The number of anilines is 3. The minimum atomic E-state index is -0.604. The molecular weight excluding hydrogens is 410 g/mol. The molecule has 32 heavy (non-hydrogen) atoms. The van der Waals surface area contributed by atoms with Crippen LogP contribution in [0.1, 0.15) is 18.1 Å². The molecule has 0 aromatic carbocycles. The monoisotopic (exact) mass is 433 g/mol. The highest BCUT2D eigenvalue weighted by molar-refractivity contribution is 5.96. The smallest absolute Gasteiger partial charge is 0.414 e. The second kappa shape index (κ2) is 8.46. The summed E-state index contributed by atoms with van der Waals surface area (Å²) in [5.74, 6) is 0.340. The summed E-state index contributed by atoms with van der Waals surface area (Å²) in [6.45, 7) is 4.51. The number of nitrogens with zero attached hydrogens (tertiary/aromatic N) is 7. The third-order valence-electron chi connectivity index (χ3n) is 4.90. The molecule has 0 bridgehead atoms. The van der Waals surface area contributed by atoms with Crippen molar-refractivity contribution < 1.29 is 9.53 Å². The van der Waals surface area contributed by atoms with Gasteiger partial charge in [0.05, 0.1) is 19.0 Å². The van der Waals surface area contributed by atoms with E-state index in [2.05, 4.69) is 19.9 Å². The standard InChI is InChI=1S/C21H23N9O2/c1-4-29(21(31)32-3)16-17(22)26-19(27-18(16)23)15-14-6-5-7-25-20(14)30(28-15)11-13-8-12(2)9-24-10-13/h5-10H,4,11H2,1-3H3,(H4,22,23,26,27). The van der Waals surface area contributed by atoms with E-state index in [9.17, 15) is 4.79 Å². The van der Waals surface area contributed by atoms with Crippen molar-refractivity contribution in [3.8, 4) is 11.5 Å². The van der Waals surface area contributed by atoms with Crippen molar-refractivity contribution in [1.82, 2.24) is 29.7 Å². The van der Waals surface area contributed by atoms with Crippen LogP contribution >= 0.6 is 0 Å². The Bertz CT molecular complexity index is 1280. The molecule has 0 aliphatic rings. The van der Waals surface area contributed by atoms with E-state index in [1.165, 1.54) is 12.0 Å². The average molecular weight is 433 g/mol. The van der Waals surface area contributed by atoms with E-state index in [0.717, 1.165) is 16.5 Å². The Morgan fingerprint density at radius 3 is 2.62 bits per heavy atom. The van der Waals surface area contributed by atoms with E-state index in [1.54, 1.807) is 30.2 Å². The fraction of sp³-hybridized carbons (Fsp3) is 0.238. The first-order valence-corrected chi connectivity index (χ1v) is 9.93. The van der Waals surface area contributed by atoms with Gasteiger partial charge in [-0.2, -0.15) is 5.10 Å². The molecule has 1 amide bonds. The van der Waals surface area contributed by atoms with Crippen molar-refractivity contribution in [2.45, 2.75) is 20.4 Å². The molecule has 11 nitrogen and oxygen atoms in total. The zero-order valence-corrected chi connectivity index (χ0v) is 18.0. The van der Waals surface area contributed by atoms with Gasteiger partial charge >= 0.3 is 6.09 Å². The second-order valence-corrected chi connectivity index (χ2v) is 7.13. The van der Waals surface area contributed by atoms with Gasteiger partial charge in [0.15, 0.2) is 23.1 Å². The first kappa shape index (κ1) is 21.0. The number of aryl methyl sites for hydroxylation is 1. The number of hydrogen-bond donors (Lipinski definition) is 2. The number of ether oxygens (including phenoxy) is 1. The molecule has 0 saturated carbocycles. The summed E-state index contributed by atoms with van der Waals surface area (Å²) in [4.78, 5) is 30.9. The van der Waals surface area contributed by atoms with Gasteiger partial charge in [0.25, 0.3) is 0 Å². The quantitative estimate of drug-likeness (QED) is 0.483. The maximum atomic E-state index is 12.1. The molecule has 4 aromatic rings. The van der Waals surface area contributed by atoms with Crippen molar-refractivity contribution in [3.05, 3.63) is 47.9 Å². The van der Waals surface area contributed by atoms with Gasteiger partial charge in [-0.25, -0.2) is 24.4 Å². The number of carbonyl (C=O) groups is 1. The molecule has 0 spiro atoms. The van der Waals surface area contributed by atoms with Crippen LogP contribution in [0.4, 0.5) is 22.1 Å². The van der Waals surface area contributed by atoms with Gasteiger partial charge in [0, 0.05) is 25.1 Å². The van der Waals surface area contributed by atoms with Crippen LogP contribution in [0.25, 0.3) is 22.6 Å². The highest BCUT2D eigenvalue weighted by Gasteiger charge is 2.24. The summed E-state index contributed by atoms with van der Waals surface area (Å²) in [5, 5.41) is 5.45. The first-order chi connectivity index (χ1) is 15.4. The van der Waals surface area contributed by atoms with Crippen LogP contribution in [0.5, 0.6) is 0 Å². The second-order valence-electron chi connectivity index (χ2n) is 7.13. The van der Waals surface area contributed by atoms with E-state index in [1.807, 2.05) is 25.1 Å². The lowest BCUT2D eigenvalue weighted by atomic mass is 10.2. The average Bonchev–Trinajstić information content (AvgIpc) is 3.14. The molecule has 0 aliphatic carbocycles. The minimum Gasteiger partial charge on any atom is -0.452 e. The fourth-order valence-electron chi connectivity index (χ4n) is 3.52. The molecule has 0 aliphatic heterocycles. The number of carbonyl (C=O) groups excluding carboxylic acids is 1. The zero-order valence-electron chi connectivity index (χ0n) is 18.0. The van der Waals surface area contributed by atoms with Gasteiger partial charge in [-0.3, -0.25) is 9.88 Å². The van der Waals surface area contributed by atoms with Gasteiger partial charge in [-0.15, -0.1) is 0 Å². The van der Waals surface area contributed by atoms with Crippen LogP contribution < -0.4 is 16.4 Å². The van der Waals surface area contributed by atoms with Crippen molar-refractivity contribution >= 4 is 34.4 Å². The lowest BCUT2D eigenvalue weighted by Crippen LogP contribution is -2.32. The Balaban J connectivity index is 1.81. The Hall–Kier alpha value is -4.28. The minimum absolute atomic E-state index is 0.0502.